The summed E-state index contributed by atoms with van der Waals surface area (Å²) >= 11 is 0. The molecule has 0 fully saturated rings. The van der Waals surface area contributed by atoms with Crippen molar-refractivity contribution in [3.8, 4) is 0 Å². The van der Waals surface area contributed by atoms with E-state index < -0.39 is 6.10 Å². The highest BCUT2D eigenvalue weighted by atomic mass is 16.6. The molecule has 0 saturated heterocycles. The number of hydrogen-bond acceptors (Lipinski definition) is 6. The molecule has 0 bridgehead atoms. The third kappa shape index (κ3) is 50.5. The molecule has 6 heteroatoms. The maximum absolute atomic E-state index is 12.8. The fraction of sp³-hybridized carbons (Fsp3) is 0.583. The van der Waals surface area contributed by atoms with Gasteiger partial charge in [-0.2, -0.15) is 0 Å². The van der Waals surface area contributed by atoms with E-state index in [-0.39, 0.29) is 37.5 Å². The van der Waals surface area contributed by atoms with Crippen LogP contribution in [0.2, 0.25) is 0 Å². The first-order valence-electron chi connectivity index (χ1n) is 26.2. The monoisotopic (exact) mass is 911 g/mol. The SMILES string of the molecule is CC/C=C\C/C=C\C/C=C\C/C=C\C/C=C\C/C=C\CCCCCCC(=O)OCC(COC(=O)CCCCCCC/C=C\CCC)OC(=O)CCCC/C=C\C/C=C\C/C=C\C/C=C\CC. The van der Waals surface area contributed by atoms with Crippen molar-refractivity contribution >= 4 is 17.9 Å². The summed E-state index contributed by atoms with van der Waals surface area (Å²) in [4.78, 5) is 37.9. The summed E-state index contributed by atoms with van der Waals surface area (Å²) in [6.45, 7) is 6.26. The van der Waals surface area contributed by atoms with Gasteiger partial charge in [0, 0.05) is 19.3 Å². The zero-order chi connectivity index (χ0) is 47.9. The van der Waals surface area contributed by atoms with Gasteiger partial charge in [0.15, 0.2) is 6.10 Å². The predicted molar refractivity (Wildman–Crippen MR) is 283 cm³/mol. The van der Waals surface area contributed by atoms with Crippen LogP contribution in [0.5, 0.6) is 0 Å². The highest BCUT2D eigenvalue weighted by Crippen LogP contribution is 2.12. The van der Waals surface area contributed by atoms with Crippen molar-refractivity contribution in [2.24, 2.45) is 0 Å². The van der Waals surface area contributed by atoms with Crippen molar-refractivity contribution in [2.75, 3.05) is 13.2 Å². The minimum absolute atomic E-state index is 0.113. The average Bonchev–Trinajstić information content (AvgIpc) is 3.31. The number of ether oxygens (including phenoxy) is 3. The van der Waals surface area contributed by atoms with E-state index in [1.54, 1.807) is 0 Å². The summed E-state index contributed by atoms with van der Waals surface area (Å²) in [5.41, 5.74) is 0. The van der Waals surface area contributed by atoms with Gasteiger partial charge in [-0.1, -0.05) is 193 Å². The van der Waals surface area contributed by atoms with Gasteiger partial charge < -0.3 is 14.2 Å². The van der Waals surface area contributed by atoms with Crippen LogP contribution in [0.3, 0.4) is 0 Å². The van der Waals surface area contributed by atoms with Crippen LogP contribution in [-0.4, -0.2) is 37.2 Å². The molecule has 1 atom stereocenters. The van der Waals surface area contributed by atoms with Crippen molar-refractivity contribution in [3.63, 3.8) is 0 Å². The van der Waals surface area contributed by atoms with Gasteiger partial charge in [0.05, 0.1) is 0 Å². The summed E-state index contributed by atoms with van der Waals surface area (Å²) < 4.78 is 16.7. The van der Waals surface area contributed by atoms with Crippen LogP contribution < -0.4 is 0 Å². The number of esters is 3. The van der Waals surface area contributed by atoms with E-state index in [4.69, 9.17) is 14.2 Å². The standard InChI is InChI=1S/C60H94O6/c1-4-7-10-13-16-19-22-24-26-27-28-29-30-31-32-33-35-36-38-41-44-47-50-53-59(62)65-56-57(55-64-58(61)52-49-46-43-40-21-18-15-12-9-6-3)66-60(63)54-51-48-45-42-39-37-34-25-23-20-17-14-11-8-5-2/h7-8,10-12,15-17,19-20,24-26,28-29,31-32,34-36,39,42,57H,4-6,9,13-14,18,21-23,27,30,33,37-38,40-41,43-56H2,1-3H3/b10-7-,11-8-,15-12-,19-16-,20-17-,26-24-,29-28-,32-31-,34-25-,36-35-,42-39-. The molecule has 0 rings (SSSR count). The summed E-state index contributed by atoms with van der Waals surface area (Å²) in [7, 11) is 0. The van der Waals surface area contributed by atoms with E-state index in [1.807, 2.05) is 0 Å². The number of carbonyl (C=O) groups excluding carboxylic acids is 3. The van der Waals surface area contributed by atoms with Crippen molar-refractivity contribution in [3.05, 3.63) is 134 Å². The van der Waals surface area contributed by atoms with Crippen LogP contribution in [0.4, 0.5) is 0 Å². The van der Waals surface area contributed by atoms with Crippen LogP contribution in [0.25, 0.3) is 0 Å². The van der Waals surface area contributed by atoms with Gasteiger partial charge in [-0.25, -0.2) is 0 Å². The third-order valence-electron chi connectivity index (χ3n) is 10.4. The van der Waals surface area contributed by atoms with Crippen LogP contribution >= 0.6 is 0 Å². The smallest absolute Gasteiger partial charge is 0.306 e. The summed E-state index contributed by atoms with van der Waals surface area (Å²) in [5.74, 6) is -1.00. The summed E-state index contributed by atoms with van der Waals surface area (Å²) in [6, 6.07) is 0. The quantitative estimate of drug-likeness (QED) is 0.0262. The second kappa shape index (κ2) is 53.2. The first kappa shape index (κ1) is 61.5. The fourth-order valence-electron chi connectivity index (χ4n) is 6.50. The molecular weight excluding hydrogens is 817 g/mol. The highest BCUT2D eigenvalue weighted by molar-refractivity contribution is 5.71. The summed E-state index contributed by atoms with van der Waals surface area (Å²) in [5, 5.41) is 0. The minimum Gasteiger partial charge on any atom is -0.462 e. The maximum atomic E-state index is 12.8. The van der Waals surface area contributed by atoms with E-state index in [1.165, 1.54) is 12.8 Å². The van der Waals surface area contributed by atoms with E-state index in [0.29, 0.717) is 19.3 Å². The third-order valence-corrected chi connectivity index (χ3v) is 10.4. The van der Waals surface area contributed by atoms with Crippen molar-refractivity contribution in [1.29, 1.82) is 0 Å². The topological polar surface area (TPSA) is 78.9 Å². The molecule has 66 heavy (non-hydrogen) atoms. The normalized spacial score (nSPS) is 13.2. The molecule has 0 saturated carbocycles. The molecule has 0 N–H and O–H groups in total. The largest absolute Gasteiger partial charge is 0.462 e. The van der Waals surface area contributed by atoms with Gasteiger partial charge in [0.1, 0.15) is 13.2 Å². The molecule has 6 nitrogen and oxygen atoms in total. The van der Waals surface area contributed by atoms with Gasteiger partial charge in [-0.15, -0.1) is 0 Å². The molecule has 0 aromatic rings. The zero-order valence-electron chi connectivity index (χ0n) is 42.1. The van der Waals surface area contributed by atoms with Crippen molar-refractivity contribution < 1.29 is 28.6 Å². The van der Waals surface area contributed by atoms with Gasteiger partial charge in [0.25, 0.3) is 0 Å². The Morgan fingerprint density at radius 2 is 0.591 bits per heavy atom. The Morgan fingerprint density at radius 1 is 0.318 bits per heavy atom. The Morgan fingerprint density at radius 3 is 0.970 bits per heavy atom. The van der Waals surface area contributed by atoms with Crippen LogP contribution in [0.1, 0.15) is 207 Å². The maximum Gasteiger partial charge on any atom is 0.306 e. The first-order chi connectivity index (χ1) is 32.5. The number of carbonyl (C=O) groups is 3. The lowest BCUT2D eigenvalue weighted by Crippen LogP contribution is -2.30. The molecule has 0 aliphatic heterocycles. The number of hydrogen-bond donors (Lipinski definition) is 0. The summed E-state index contributed by atoms with van der Waals surface area (Å²) in [6.07, 6.45) is 74.4. The number of rotatable bonds is 45. The lowest BCUT2D eigenvalue weighted by Gasteiger charge is -2.18. The second-order valence-corrected chi connectivity index (χ2v) is 16.7. The lowest BCUT2D eigenvalue weighted by atomic mass is 10.1. The zero-order valence-corrected chi connectivity index (χ0v) is 42.1. The van der Waals surface area contributed by atoms with E-state index in [9.17, 15) is 14.4 Å². The molecule has 0 amide bonds. The van der Waals surface area contributed by atoms with E-state index in [0.717, 1.165) is 148 Å². The van der Waals surface area contributed by atoms with Gasteiger partial charge in [-0.3, -0.25) is 14.4 Å². The Labute approximate surface area is 405 Å². The van der Waals surface area contributed by atoms with Crippen LogP contribution in [0, 0.1) is 0 Å². The fourth-order valence-corrected chi connectivity index (χ4v) is 6.50. The molecule has 0 heterocycles. The molecular formula is C60H94O6. The van der Waals surface area contributed by atoms with Crippen molar-refractivity contribution in [2.45, 2.75) is 213 Å². The Balaban J connectivity index is 4.46. The van der Waals surface area contributed by atoms with Gasteiger partial charge in [-0.05, 0) is 128 Å². The van der Waals surface area contributed by atoms with Gasteiger partial charge in [0.2, 0.25) is 0 Å². The first-order valence-corrected chi connectivity index (χ1v) is 26.2. The number of unbranched alkanes of at least 4 members (excludes halogenated alkanes) is 12. The number of allylic oxidation sites excluding steroid dienone is 22. The Hall–Kier alpha value is -4.45. The predicted octanol–water partition coefficient (Wildman–Crippen LogP) is 17.5. The van der Waals surface area contributed by atoms with Crippen molar-refractivity contribution in [1.82, 2.24) is 0 Å². The molecule has 0 aromatic carbocycles. The van der Waals surface area contributed by atoms with E-state index in [2.05, 4.69) is 154 Å². The van der Waals surface area contributed by atoms with E-state index >= 15 is 0 Å². The molecule has 0 aliphatic rings. The van der Waals surface area contributed by atoms with Crippen LogP contribution in [-0.2, 0) is 28.6 Å². The Kier molecular flexibility index (Phi) is 49.6. The molecule has 0 spiro atoms. The second-order valence-electron chi connectivity index (χ2n) is 16.7. The van der Waals surface area contributed by atoms with Gasteiger partial charge >= 0.3 is 17.9 Å². The molecule has 1 unspecified atom stereocenters. The molecule has 370 valence electrons. The van der Waals surface area contributed by atoms with Crippen LogP contribution in [0.15, 0.2) is 134 Å². The molecule has 0 aliphatic carbocycles. The molecule has 0 radical (unpaired) electrons. The average molecular weight is 911 g/mol. The Bertz CT molecular complexity index is 1460. The molecule has 0 aromatic heterocycles. The lowest BCUT2D eigenvalue weighted by molar-refractivity contribution is -0.167. The minimum atomic E-state index is -0.818. The highest BCUT2D eigenvalue weighted by Gasteiger charge is 2.19.